The van der Waals surface area contributed by atoms with Crippen molar-refractivity contribution in [3.05, 3.63) is 23.8 Å². The summed E-state index contributed by atoms with van der Waals surface area (Å²) in [6.07, 6.45) is 6.22. The van der Waals surface area contributed by atoms with E-state index in [1.807, 2.05) is 27.0 Å². The lowest BCUT2D eigenvalue weighted by atomic mass is 9.88. The van der Waals surface area contributed by atoms with Crippen LogP contribution in [0.15, 0.2) is 12.4 Å². The number of aromatic nitrogens is 2. The summed E-state index contributed by atoms with van der Waals surface area (Å²) in [6.45, 7) is 9.69. The number of likely N-dealkylation sites (tertiary alicyclic amines) is 1. The summed E-state index contributed by atoms with van der Waals surface area (Å²) in [5.41, 5.74) is 1.76. The van der Waals surface area contributed by atoms with Crippen LogP contribution < -0.4 is 5.32 Å². The van der Waals surface area contributed by atoms with Gasteiger partial charge in [-0.1, -0.05) is 13.8 Å². The molecule has 26 heavy (non-hydrogen) atoms. The number of amides is 1. The molecule has 1 spiro atoms. The Balaban J connectivity index is 1.51. The molecular formula is C19H30N4O3. The zero-order valence-corrected chi connectivity index (χ0v) is 16.0. The smallest absolute Gasteiger partial charge is 0.407 e. The average Bonchev–Trinajstić information content (AvgIpc) is 2.95. The highest BCUT2D eigenvalue weighted by Gasteiger charge is 2.44. The van der Waals surface area contributed by atoms with Crippen molar-refractivity contribution in [1.29, 1.82) is 0 Å². The van der Waals surface area contributed by atoms with Crippen LogP contribution in [0.1, 0.15) is 44.5 Å². The van der Waals surface area contributed by atoms with Gasteiger partial charge in [0, 0.05) is 31.9 Å². The molecule has 2 aliphatic rings. The highest BCUT2D eigenvalue weighted by atomic mass is 16.6. The summed E-state index contributed by atoms with van der Waals surface area (Å²) >= 11 is 0. The topological polar surface area (TPSA) is 76.6 Å². The van der Waals surface area contributed by atoms with Gasteiger partial charge in [0.05, 0.1) is 36.2 Å². The largest absolute Gasteiger partial charge is 0.449 e. The third kappa shape index (κ3) is 5.14. The van der Waals surface area contributed by atoms with Gasteiger partial charge in [-0.15, -0.1) is 0 Å². The average molecular weight is 362 g/mol. The molecule has 144 valence electrons. The summed E-state index contributed by atoms with van der Waals surface area (Å²) in [5.74, 6) is 0.337. The number of piperidine rings is 1. The second-order valence-electron chi connectivity index (χ2n) is 8.00. The molecule has 1 amide bonds. The molecule has 0 aliphatic carbocycles. The van der Waals surface area contributed by atoms with Gasteiger partial charge in [0.1, 0.15) is 0 Å². The second kappa shape index (κ2) is 8.31. The van der Waals surface area contributed by atoms with Gasteiger partial charge in [0.2, 0.25) is 0 Å². The van der Waals surface area contributed by atoms with Crippen molar-refractivity contribution in [2.24, 2.45) is 5.92 Å². The molecule has 2 saturated heterocycles. The number of hydrogen-bond acceptors (Lipinski definition) is 6. The first-order chi connectivity index (χ1) is 12.4. The summed E-state index contributed by atoms with van der Waals surface area (Å²) in [7, 11) is 0. The van der Waals surface area contributed by atoms with Crippen molar-refractivity contribution in [2.45, 2.75) is 58.2 Å². The van der Waals surface area contributed by atoms with E-state index in [9.17, 15) is 4.79 Å². The van der Waals surface area contributed by atoms with Crippen molar-refractivity contribution in [2.75, 3.05) is 26.3 Å². The number of aryl methyl sites for hydroxylation is 1. The van der Waals surface area contributed by atoms with Crippen LogP contribution in [0.25, 0.3) is 0 Å². The third-order valence-corrected chi connectivity index (χ3v) is 4.89. The van der Waals surface area contributed by atoms with Gasteiger partial charge in [-0.3, -0.25) is 14.9 Å². The lowest BCUT2D eigenvalue weighted by Gasteiger charge is -2.39. The lowest BCUT2D eigenvalue weighted by Crippen LogP contribution is -2.48. The minimum Gasteiger partial charge on any atom is -0.449 e. The number of nitrogens with zero attached hydrogens (tertiary/aromatic N) is 3. The minimum atomic E-state index is -0.341. The summed E-state index contributed by atoms with van der Waals surface area (Å²) in [5, 5.41) is 2.95. The maximum atomic E-state index is 11.9. The Hall–Kier alpha value is -1.73. The number of ether oxygens (including phenoxy) is 2. The fourth-order valence-corrected chi connectivity index (χ4v) is 3.82. The normalized spacial score (nSPS) is 26.4. The van der Waals surface area contributed by atoms with Gasteiger partial charge < -0.3 is 14.8 Å². The van der Waals surface area contributed by atoms with E-state index in [2.05, 4.69) is 20.2 Å². The van der Waals surface area contributed by atoms with E-state index in [4.69, 9.17) is 9.47 Å². The molecule has 1 N–H and O–H groups in total. The van der Waals surface area contributed by atoms with Crippen LogP contribution in [-0.2, 0) is 16.0 Å². The van der Waals surface area contributed by atoms with Crippen LogP contribution in [0.4, 0.5) is 4.79 Å². The third-order valence-electron chi connectivity index (χ3n) is 4.89. The predicted molar refractivity (Wildman–Crippen MR) is 97.7 cm³/mol. The highest BCUT2D eigenvalue weighted by molar-refractivity contribution is 5.67. The number of carbonyl (C=O) groups is 1. The number of rotatable bonds is 5. The van der Waals surface area contributed by atoms with Crippen LogP contribution in [0.2, 0.25) is 0 Å². The van der Waals surface area contributed by atoms with E-state index < -0.39 is 0 Å². The SMILES string of the molecule is Cc1cncc(CN2CCC[C@]3(C[C@@H](NC(=O)OCC(C)C)CO3)C2)n1. The second-order valence-corrected chi connectivity index (χ2v) is 8.00. The van der Waals surface area contributed by atoms with Crippen molar-refractivity contribution < 1.29 is 14.3 Å². The van der Waals surface area contributed by atoms with Crippen LogP contribution >= 0.6 is 0 Å². The van der Waals surface area contributed by atoms with Crippen LogP contribution in [-0.4, -0.2) is 58.9 Å². The summed E-state index contributed by atoms with van der Waals surface area (Å²) in [4.78, 5) is 23.1. The van der Waals surface area contributed by atoms with Crippen molar-refractivity contribution in [3.63, 3.8) is 0 Å². The Morgan fingerprint density at radius 3 is 3.12 bits per heavy atom. The van der Waals surface area contributed by atoms with E-state index >= 15 is 0 Å². The quantitative estimate of drug-likeness (QED) is 0.866. The number of carbonyl (C=O) groups excluding carboxylic acids is 1. The minimum absolute atomic E-state index is 0.0216. The predicted octanol–water partition coefficient (Wildman–Crippen LogP) is 2.29. The van der Waals surface area contributed by atoms with Gasteiger partial charge in [-0.25, -0.2) is 4.79 Å². The molecule has 3 heterocycles. The van der Waals surface area contributed by atoms with Crippen LogP contribution in [0.3, 0.4) is 0 Å². The van der Waals surface area contributed by atoms with Crippen molar-refractivity contribution in [1.82, 2.24) is 20.2 Å². The molecule has 0 saturated carbocycles. The maximum Gasteiger partial charge on any atom is 0.407 e. The fraction of sp³-hybridized carbons (Fsp3) is 0.737. The molecule has 0 bridgehead atoms. The molecule has 0 aromatic carbocycles. The van der Waals surface area contributed by atoms with E-state index in [-0.39, 0.29) is 17.7 Å². The molecular weight excluding hydrogens is 332 g/mol. The van der Waals surface area contributed by atoms with Gasteiger partial charge in [-0.05, 0) is 32.2 Å². The van der Waals surface area contributed by atoms with Crippen LogP contribution in [0.5, 0.6) is 0 Å². The van der Waals surface area contributed by atoms with Gasteiger partial charge in [-0.2, -0.15) is 0 Å². The molecule has 1 aromatic heterocycles. The summed E-state index contributed by atoms with van der Waals surface area (Å²) < 4.78 is 11.4. The van der Waals surface area contributed by atoms with E-state index in [0.717, 1.165) is 50.3 Å². The Morgan fingerprint density at radius 2 is 2.35 bits per heavy atom. The Labute approximate surface area is 155 Å². The highest BCUT2D eigenvalue weighted by Crippen LogP contribution is 2.35. The molecule has 7 nitrogen and oxygen atoms in total. The van der Waals surface area contributed by atoms with E-state index in [1.54, 1.807) is 6.20 Å². The molecule has 0 radical (unpaired) electrons. The molecule has 2 aliphatic heterocycles. The van der Waals surface area contributed by atoms with Crippen molar-refractivity contribution in [3.8, 4) is 0 Å². The monoisotopic (exact) mass is 362 g/mol. The molecule has 3 rings (SSSR count). The maximum absolute atomic E-state index is 11.9. The Kier molecular flexibility index (Phi) is 6.09. The Bertz CT molecular complexity index is 625. The first kappa shape index (κ1) is 19.0. The Morgan fingerprint density at radius 1 is 1.50 bits per heavy atom. The first-order valence-corrected chi connectivity index (χ1v) is 9.51. The van der Waals surface area contributed by atoms with Gasteiger partial charge in [0.25, 0.3) is 0 Å². The van der Waals surface area contributed by atoms with Crippen LogP contribution in [0, 0.1) is 12.8 Å². The van der Waals surface area contributed by atoms with E-state index in [1.165, 1.54) is 0 Å². The molecule has 1 aromatic rings. The fourth-order valence-electron chi connectivity index (χ4n) is 3.82. The standard InChI is InChI=1S/C19H30N4O3/c1-14(2)11-25-18(24)22-16-7-19(26-12-16)5-4-6-23(13-19)10-17-9-20-8-15(3)21-17/h8-9,14,16H,4-7,10-13H2,1-3H3,(H,22,24)/t16-,19+/m1/s1. The van der Waals surface area contributed by atoms with Gasteiger partial charge in [0.15, 0.2) is 0 Å². The molecule has 7 heteroatoms. The first-order valence-electron chi connectivity index (χ1n) is 9.51. The van der Waals surface area contributed by atoms with E-state index in [0.29, 0.717) is 19.1 Å². The summed E-state index contributed by atoms with van der Waals surface area (Å²) in [6, 6.07) is 0.0216. The molecule has 2 atom stereocenters. The number of alkyl carbamates (subject to hydrolysis) is 1. The van der Waals surface area contributed by atoms with Gasteiger partial charge >= 0.3 is 6.09 Å². The zero-order chi connectivity index (χ0) is 18.6. The van der Waals surface area contributed by atoms with Crippen molar-refractivity contribution >= 4 is 6.09 Å². The lowest BCUT2D eigenvalue weighted by molar-refractivity contribution is -0.0536. The number of hydrogen-bond donors (Lipinski definition) is 1. The number of nitrogens with one attached hydrogen (secondary N) is 1. The molecule has 2 fully saturated rings. The molecule has 0 unspecified atom stereocenters. The zero-order valence-electron chi connectivity index (χ0n) is 16.0.